The van der Waals surface area contributed by atoms with Gasteiger partial charge in [0.05, 0.1) is 17.4 Å². The minimum Gasteiger partial charge on any atom is -0.465 e. The van der Waals surface area contributed by atoms with E-state index in [1.165, 1.54) is 35.6 Å². The van der Waals surface area contributed by atoms with Gasteiger partial charge in [-0.1, -0.05) is 17.7 Å². The maximum Gasteiger partial charge on any atom is 0.573 e. The van der Waals surface area contributed by atoms with E-state index in [4.69, 9.17) is 16.3 Å². The lowest BCUT2D eigenvalue weighted by Crippen LogP contribution is -2.46. The van der Waals surface area contributed by atoms with Crippen LogP contribution in [0.1, 0.15) is 20.8 Å². The molecule has 0 saturated carbocycles. The van der Waals surface area contributed by atoms with Gasteiger partial charge in [-0.2, -0.15) is 0 Å². The molecule has 0 aliphatic carbocycles. The van der Waals surface area contributed by atoms with Crippen LogP contribution in [0.15, 0.2) is 55.1 Å². The first-order chi connectivity index (χ1) is 18.3. The van der Waals surface area contributed by atoms with Crippen LogP contribution in [0.4, 0.5) is 29.5 Å². The number of hydrogen-bond donors (Lipinski definition) is 2. The quantitative estimate of drug-likeness (QED) is 0.243. The first kappa shape index (κ1) is 27.8. The van der Waals surface area contributed by atoms with Gasteiger partial charge in [-0.05, 0) is 45.0 Å². The molecule has 0 spiro atoms. The fraction of sp³-hybridized carbons (Fsp3) is 0.280. The summed E-state index contributed by atoms with van der Waals surface area (Å²) in [5, 5.41) is 12.8. The second kappa shape index (κ2) is 10.8. The predicted octanol–water partition coefficient (Wildman–Crippen LogP) is 6.69. The SMILES string of the molecule is CC(C)(C)N(CCn1ccc2ncnc(Nc3cnc(Oc4cccc(OC(F)(F)F)c4)c(Cl)c3)c21)C(=O)O. The molecule has 39 heavy (non-hydrogen) atoms. The van der Waals surface area contributed by atoms with Gasteiger partial charge in [0.2, 0.25) is 5.88 Å². The highest BCUT2D eigenvalue weighted by molar-refractivity contribution is 6.32. The minimum absolute atomic E-state index is 0.0291. The van der Waals surface area contributed by atoms with Gasteiger partial charge in [0.15, 0.2) is 5.82 Å². The van der Waals surface area contributed by atoms with E-state index < -0.39 is 23.7 Å². The number of carboxylic acid groups (broad SMARTS) is 1. The number of anilines is 2. The normalized spacial score (nSPS) is 11.9. The van der Waals surface area contributed by atoms with Gasteiger partial charge in [0, 0.05) is 30.9 Å². The van der Waals surface area contributed by atoms with Crippen molar-refractivity contribution < 1.29 is 32.5 Å². The third-order valence-electron chi connectivity index (χ3n) is 5.48. The molecule has 0 aliphatic heterocycles. The summed E-state index contributed by atoms with van der Waals surface area (Å²) in [6, 6.07) is 8.30. The molecular weight excluding hydrogens is 541 g/mol. The Morgan fingerprint density at radius 3 is 2.54 bits per heavy atom. The molecule has 1 aromatic carbocycles. The molecular formula is C25H24ClF3N6O4. The van der Waals surface area contributed by atoms with Crippen LogP contribution in [-0.2, 0) is 6.54 Å². The fourth-order valence-corrected chi connectivity index (χ4v) is 3.99. The molecule has 0 atom stereocenters. The zero-order valence-corrected chi connectivity index (χ0v) is 21.8. The lowest BCUT2D eigenvalue weighted by molar-refractivity contribution is -0.274. The molecule has 0 unspecified atom stereocenters. The van der Waals surface area contributed by atoms with Gasteiger partial charge in [-0.25, -0.2) is 19.7 Å². The third-order valence-corrected chi connectivity index (χ3v) is 5.75. The predicted molar refractivity (Wildman–Crippen MR) is 138 cm³/mol. The Bertz CT molecular complexity index is 1490. The van der Waals surface area contributed by atoms with Gasteiger partial charge in [0.25, 0.3) is 0 Å². The van der Waals surface area contributed by atoms with Crippen molar-refractivity contribution >= 4 is 40.2 Å². The number of amides is 1. The van der Waals surface area contributed by atoms with Crippen molar-refractivity contribution in [1.29, 1.82) is 0 Å². The molecule has 3 aromatic heterocycles. The van der Waals surface area contributed by atoms with Crippen LogP contribution in [0.25, 0.3) is 11.0 Å². The van der Waals surface area contributed by atoms with Gasteiger partial charge in [0.1, 0.15) is 28.4 Å². The van der Waals surface area contributed by atoms with Gasteiger partial charge in [-0.3, -0.25) is 0 Å². The number of benzene rings is 1. The van der Waals surface area contributed by atoms with E-state index in [9.17, 15) is 23.1 Å². The maximum absolute atomic E-state index is 12.5. The highest BCUT2D eigenvalue weighted by Gasteiger charge is 2.31. The Kier molecular flexibility index (Phi) is 7.72. The Balaban J connectivity index is 1.53. The van der Waals surface area contributed by atoms with Crippen molar-refractivity contribution in [1.82, 2.24) is 24.4 Å². The van der Waals surface area contributed by atoms with E-state index in [1.807, 2.05) is 25.3 Å². The van der Waals surface area contributed by atoms with Crippen molar-refractivity contribution in [2.24, 2.45) is 0 Å². The third kappa shape index (κ3) is 6.99. The monoisotopic (exact) mass is 564 g/mol. The van der Waals surface area contributed by atoms with Crippen LogP contribution in [-0.4, -0.2) is 54.1 Å². The summed E-state index contributed by atoms with van der Waals surface area (Å²) in [6.45, 7) is 6.07. The topological polar surface area (TPSA) is 115 Å². The summed E-state index contributed by atoms with van der Waals surface area (Å²) >= 11 is 6.34. The summed E-state index contributed by atoms with van der Waals surface area (Å²) < 4.78 is 48.8. The molecule has 0 radical (unpaired) electrons. The van der Waals surface area contributed by atoms with Gasteiger partial charge in [-0.15, -0.1) is 13.2 Å². The summed E-state index contributed by atoms with van der Waals surface area (Å²) in [5.74, 6) is 0.0109. The second-order valence-electron chi connectivity index (χ2n) is 9.33. The van der Waals surface area contributed by atoms with Crippen molar-refractivity contribution in [2.45, 2.75) is 39.2 Å². The lowest BCUT2D eigenvalue weighted by atomic mass is 10.1. The number of aromatic nitrogens is 4. The van der Waals surface area contributed by atoms with Crippen LogP contribution in [0.2, 0.25) is 5.02 Å². The maximum atomic E-state index is 12.5. The zero-order chi connectivity index (χ0) is 28.4. The first-order valence-electron chi connectivity index (χ1n) is 11.6. The average molecular weight is 565 g/mol. The molecule has 0 aliphatic rings. The number of rotatable bonds is 8. The highest BCUT2D eigenvalue weighted by atomic mass is 35.5. The molecule has 14 heteroatoms. The first-order valence-corrected chi connectivity index (χ1v) is 11.9. The van der Waals surface area contributed by atoms with Crippen molar-refractivity contribution in [2.75, 3.05) is 11.9 Å². The van der Waals surface area contributed by atoms with Gasteiger partial charge >= 0.3 is 12.5 Å². The Morgan fingerprint density at radius 1 is 1.13 bits per heavy atom. The van der Waals surface area contributed by atoms with Crippen LogP contribution in [0.3, 0.4) is 0 Å². The van der Waals surface area contributed by atoms with Crippen LogP contribution in [0, 0.1) is 0 Å². The Morgan fingerprint density at radius 2 is 1.87 bits per heavy atom. The minimum atomic E-state index is -4.84. The molecule has 1 amide bonds. The Labute approximate surface area is 226 Å². The fourth-order valence-electron chi connectivity index (χ4n) is 3.79. The molecule has 3 heterocycles. The van der Waals surface area contributed by atoms with Crippen molar-refractivity contribution in [3.8, 4) is 17.4 Å². The van der Waals surface area contributed by atoms with E-state index in [0.717, 1.165) is 12.1 Å². The number of nitrogens with zero attached hydrogens (tertiary/aromatic N) is 5. The van der Waals surface area contributed by atoms with Crippen LogP contribution in [0.5, 0.6) is 17.4 Å². The number of alkyl halides is 3. The summed E-state index contributed by atoms with van der Waals surface area (Å²) in [6.07, 6.45) is -1.25. The van der Waals surface area contributed by atoms with E-state index in [2.05, 4.69) is 25.0 Å². The number of carbonyl (C=O) groups is 1. The number of hydrogen-bond acceptors (Lipinski definition) is 7. The molecule has 0 saturated heterocycles. The molecule has 4 aromatic rings. The molecule has 10 nitrogen and oxygen atoms in total. The molecule has 0 fully saturated rings. The molecule has 0 bridgehead atoms. The van der Waals surface area contributed by atoms with Crippen LogP contribution < -0.4 is 14.8 Å². The summed E-state index contributed by atoms with van der Waals surface area (Å²) in [5.41, 5.74) is 1.17. The Hall–Kier alpha value is -4.26. The molecule has 2 N–H and O–H groups in total. The summed E-state index contributed by atoms with van der Waals surface area (Å²) in [4.78, 5) is 25.8. The average Bonchev–Trinajstić information content (AvgIpc) is 3.23. The number of fused-ring (bicyclic) bond motifs is 1. The van der Waals surface area contributed by atoms with E-state index in [1.54, 1.807) is 12.3 Å². The van der Waals surface area contributed by atoms with Crippen molar-refractivity contribution in [3.05, 3.63) is 60.1 Å². The lowest BCUT2D eigenvalue weighted by Gasteiger charge is -2.33. The molecule has 4 rings (SSSR count). The van der Waals surface area contributed by atoms with E-state index in [-0.39, 0.29) is 23.2 Å². The van der Waals surface area contributed by atoms with E-state index >= 15 is 0 Å². The largest absolute Gasteiger partial charge is 0.573 e. The van der Waals surface area contributed by atoms with Gasteiger partial charge < -0.3 is 29.4 Å². The highest BCUT2D eigenvalue weighted by Crippen LogP contribution is 2.33. The standard InChI is InChI=1S/C25H24ClF3N6O4/c1-24(2,3)35(23(36)37)10-9-34-8-7-19-20(34)21(32-14-31-19)33-15-11-18(26)22(30-13-15)38-16-5-4-6-17(12-16)39-25(27,28)29/h4-8,11-14H,9-10H2,1-3H3,(H,36,37)(H,31,32,33). The van der Waals surface area contributed by atoms with Crippen LogP contribution >= 0.6 is 11.6 Å². The second-order valence-corrected chi connectivity index (χ2v) is 9.74. The molecule has 206 valence electrons. The zero-order valence-electron chi connectivity index (χ0n) is 21.0. The number of ether oxygens (including phenoxy) is 2. The van der Waals surface area contributed by atoms with Crippen molar-refractivity contribution in [3.63, 3.8) is 0 Å². The number of nitrogens with one attached hydrogen (secondary N) is 1. The number of pyridine rings is 1. The van der Waals surface area contributed by atoms with E-state index in [0.29, 0.717) is 29.1 Å². The number of halogens is 4. The summed E-state index contributed by atoms with van der Waals surface area (Å²) in [7, 11) is 0. The smallest absolute Gasteiger partial charge is 0.465 e.